The first-order valence-corrected chi connectivity index (χ1v) is 12.7. The van der Waals surface area contributed by atoms with Gasteiger partial charge in [0, 0.05) is 16.6 Å². The number of ketones is 1. The molecule has 2 nitrogen and oxygen atoms in total. The Morgan fingerprint density at radius 2 is 1.85 bits per heavy atom. The van der Waals surface area contributed by atoms with Gasteiger partial charge < -0.3 is 4.74 Å². The Bertz CT molecular complexity index is 1200. The fourth-order valence-corrected chi connectivity index (χ4v) is 6.75. The molecular formula is C32H36O2. The van der Waals surface area contributed by atoms with Gasteiger partial charge in [0.1, 0.15) is 5.75 Å². The highest BCUT2D eigenvalue weighted by Gasteiger charge is 2.56. The van der Waals surface area contributed by atoms with Crippen LogP contribution in [0.1, 0.15) is 81.5 Å². The van der Waals surface area contributed by atoms with Crippen LogP contribution in [-0.2, 0) is 16.6 Å². The topological polar surface area (TPSA) is 26.3 Å². The summed E-state index contributed by atoms with van der Waals surface area (Å²) in [6.07, 6.45) is 7.11. The lowest BCUT2D eigenvalue weighted by molar-refractivity contribution is -0.127. The molecule has 0 spiro atoms. The fraction of sp³-hybridized carbons (Fsp3) is 0.469. The number of methoxy groups -OCH3 is 1. The lowest BCUT2D eigenvalue weighted by atomic mass is 9.55. The maximum Gasteiger partial charge on any atom is 0.165 e. The van der Waals surface area contributed by atoms with Gasteiger partial charge in [0.25, 0.3) is 0 Å². The maximum atomic E-state index is 13.5. The maximum absolute atomic E-state index is 13.5. The number of carbonyl (C=O) groups excluding carboxylic acids is 1. The second-order valence-electron chi connectivity index (χ2n) is 11.7. The SMILES string of the molecule is COc1ccc2c(c1)CC[C@@H]1[C@@H]2CC[C@@]2(C)C(=O)/C(=C/C#Cc3ccc(C(C)(C)C)cc3)C[C@@H]12. The van der Waals surface area contributed by atoms with Crippen LogP contribution in [-0.4, -0.2) is 12.9 Å². The van der Waals surface area contributed by atoms with Crippen LogP contribution >= 0.6 is 0 Å². The van der Waals surface area contributed by atoms with Crippen molar-refractivity contribution in [2.45, 2.75) is 71.1 Å². The highest BCUT2D eigenvalue weighted by Crippen LogP contribution is 2.60. The third-order valence-corrected chi connectivity index (χ3v) is 8.79. The van der Waals surface area contributed by atoms with Crippen LogP contribution in [0.3, 0.4) is 0 Å². The summed E-state index contributed by atoms with van der Waals surface area (Å²) in [6, 6.07) is 15.1. The van der Waals surface area contributed by atoms with E-state index in [1.54, 1.807) is 7.11 Å². The van der Waals surface area contributed by atoms with Gasteiger partial charge in [-0.15, -0.1) is 0 Å². The van der Waals surface area contributed by atoms with E-state index >= 15 is 0 Å². The van der Waals surface area contributed by atoms with Crippen molar-refractivity contribution in [3.8, 4) is 17.6 Å². The van der Waals surface area contributed by atoms with Gasteiger partial charge in [0.05, 0.1) is 7.11 Å². The molecule has 3 aliphatic carbocycles. The van der Waals surface area contributed by atoms with E-state index in [4.69, 9.17) is 4.74 Å². The Morgan fingerprint density at radius 3 is 2.56 bits per heavy atom. The summed E-state index contributed by atoms with van der Waals surface area (Å²) in [4.78, 5) is 13.5. The Balaban J connectivity index is 1.37. The summed E-state index contributed by atoms with van der Waals surface area (Å²) in [5.74, 6) is 9.32. The molecule has 2 saturated carbocycles. The van der Waals surface area contributed by atoms with Crippen LogP contribution in [0.2, 0.25) is 0 Å². The van der Waals surface area contributed by atoms with Crippen molar-refractivity contribution >= 4 is 5.78 Å². The molecule has 0 aliphatic heterocycles. The number of ether oxygens (including phenoxy) is 1. The van der Waals surface area contributed by atoms with Crippen molar-refractivity contribution < 1.29 is 9.53 Å². The second kappa shape index (κ2) is 8.46. The number of hydrogen-bond acceptors (Lipinski definition) is 2. The van der Waals surface area contributed by atoms with Gasteiger partial charge in [-0.3, -0.25) is 4.79 Å². The predicted molar refractivity (Wildman–Crippen MR) is 138 cm³/mol. The van der Waals surface area contributed by atoms with Crippen molar-refractivity contribution in [1.82, 2.24) is 0 Å². The molecule has 0 bridgehead atoms. The van der Waals surface area contributed by atoms with Crippen LogP contribution in [0.15, 0.2) is 54.1 Å². The quantitative estimate of drug-likeness (QED) is 0.344. The van der Waals surface area contributed by atoms with Crippen molar-refractivity contribution in [2.24, 2.45) is 17.3 Å². The summed E-state index contributed by atoms with van der Waals surface area (Å²) >= 11 is 0. The number of fused-ring (bicyclic) bond motifs is 5. The normalized spacial score (nSPS) is 29.0. The highest BCUT2D eigenvalue weighted by molar-refractivity contribution is 6.03. The molecule has 0 aromatic heterocycles. The van der Waals surface area contributed by atoms with E-state index in [1.165, 1.54) is 16.7 Å². The molecule has 0 heterocycles. The first-order chi connectivity index (χ1) is 16.2. The molecule has 0 saturated heterocycles. The van der Waals surface area contributed by atoms with Gasteiger partial charge in [-0.1, -0.05) is 57.7 Å². The van der Waals surface area contributed by atoms with Crippen molar-refractivity contribution in [3.05, 3.63) is 76.4 Å². The zero-order valence-electron chi connectivity index (χ0n) is 21.2. The number of allylic oxidation sites excluding steroid dienone is 2. The van der Waals surface area contributed by atoms with Gasteiger partial charge in [-0.05, 0) is 102 Å². The van der Waals surface area contributed by atoms with Crippen LogP contribution in [0, 0.1) is 29.1 Å². The lowest BCUT2D eigenvalue weighted by Gasteiger charge is -2.48. The molecule has 0 unspecified atom stereocenters. The largest absolute Gasteiger partial charge is 0.497 e. The number of aryl methyl sites for hydroxylation is 1. The molecule has 176 valence electrons. The molecular weight excluding hydrogens is 416 g/mol. The molecule has 2 aromatic carbocycles. The Morgan fingerprint density at radius 1 is 1.09 bits per heavy atom. The van der Waals surface area contributed by atoms with E-state index in [0.29, 0.717) is 23.5 Å². The number of carbonyl (C=O) groups is 1. The lowest BCUT2D eigenvalue weighted by Crippen LogP contribution is -2.42. The minimum absolute atomic E-state index is 0.138. The Hall–Kier alpha value is -2.79. The summed E-state index contributed by atoms with van der Waals surface area (Å²) in [5, 5.41) is 0. The fourth-order valence-electron chi connectivity index (χ4n) is 6.75. The minimum atomic E-state index is -0.229. The smallest absolute Gasteiger partial charge is 0.165 e. The summed E-state index contributed by atoms with van der Waals surface area (Å²) in [6.45, 7) is 8.88. The van der Waals surface area contributed by atoms with E-state index in [-0.39, 0.29) is 10.8 Å². The molecule has 34 heavy (non-hydrogen) atoms. The highest BCUT2D eigenvalue weighted by atomic mass is 16.5. The molecule has 2 aromatic rings. The Kier molecular flexibility index (Phi) is 5.71. The van der Waals surface area contributed by atoms with Gasteiger partial charge in [0.2, 0.25) is 0 Å². The Labute approximate surface area is 204 Å². The van der Waals surface area contributed by atoms with E-state index in [1.807, 2.05) is 6.08 Å². The third kappa shape index (κ3) is 3.90. The predicted octanol–water partition coefficient (Wildman–Crippen LogP) is 7.01. The molecule has 2 fully saturated rings. The van der Waals surface area contributed by atoms with Gasteiger partial charge in [-0.25, -0.2) is 0 Å². The van der Waals surface area contributed by atoms with Crippen LogP contribution in [0.4, 0.5) is 0 Å². The molecule has 0 amide bonds. The molecule has 0 radical (unpaired) electrons. The monoisotopic (exact) mass is 452 g/mol. The van der Waals surface area contributed by atoms with Crippen LogP contribution < -0.4 is 4.74 Å². The molecule has 3 aliphatic rings. The zero-order valence-corrected chi connectivity index (χ0v) is 21.2. The first kappa shape index (κ1) is 23.0. The average Bonchev–Trinajstić information content (AvgIpc) is 3.08. The third-order valence-electron chi connectivity index (χ3n) is 8.79. The average molecular weight is 453 g/mol. The van der Waals surface area contributed by atoms with E-state index in [0.717, 1.165) is 49.0 Å². The summed E-state index contributed by atoms with van der Waals surface area (Å²) in [7, 11) is 1.74. The second-order valence-corrected chi connectivity index (χ2v) is 11.7. The molecule has 2 heteroatoms. The van der Waals surface area contributed by atoms with Gasteiger partial charge >= 0.3 is 0 Å². The molecule has 5 rings (SSSR count). The minimum Gasteiger partial charge on any atom is -0.497 e. The van der Waals surface area contributed by atoms with E-state index in [9.17, 15) is 4.79 Å². The number of Topliss-reactive ketones (excluding diaryl/α,β-unsaturated/α-hetero) is 1. The van der Waals surface area contributed by atoms with E-state index in [2.05, 4.69) is 82.0 Å². The van der Waals surface area contributed by atoms with E-state index < -0.39 is 0 Å². The zero-order chi connectivity index (χ0) is 24.1. The van der Waals surface area contributed by atoms with Crippen molar-refractivity contribution in [2.75, 3.05) is 7.11 Å². The molecule has 0 N–H and O–H groups in total. The standard InChI is InChI=1S/C32H36O2/c1-31(2,3)24-12-9-21(10-13-24)7-6-8-23-20-29-28-15-11-22-19-25(34-5)14-16-26(22)27(28)17-18-32(29,4)30(23)33/h8-10,12-14,16,19,27-29H,11,15,17-18,20H2,1-5H3/b23-8+/t27-,28-,29+,32-/m1/s1. The first-order valence-electron chi connectivity index (χ1n) is 12.7. The number of benzene rings is 2. The number of rotatable bonds is 1. The van der Waals surface area contributed by atoms with Crippen molar-refractivity contribution in [1.29, 1.82) is 0 Å². The summed E-state index contributed by atoms with van der Waals surface area (Å²) in [5.41, 5.74) is 6.08. The summed E-state index contributed by atoms with van der Waals surface area (Å²) < 4.78 is 5.45. The van der Waals surface area contributed by atoms with Gasteiger partial charge in [0.15, 0.2) is 5.78 Å². The van der Waals surface area contributed by atoms with Crippen molar-refractivity contribution in [3.63, 3.8) is 0 Å². The van der Waals surface area contributed by atoms with Crippen LogP contribution in [0.25, 0.3) is 0 Å². The van der Waals surface area contributed by atoms with Gasteiger partial charge in [-0.2, -0.15) is 0 Å². The molecule has 4 atom stereocenters. The van der Waals surface area contributed by atoms with Crippen LogP contribution in [0.5, 0.6) is 5.75 Å². The number of hydrogen-bond donors (Lipinski definition) is 0.